The number of aliphatic carboxylic acids is 1. The second-order valence-corrected chi connectivity index (χ2v) is 8.69. The van der Waals surface area contributed by atoms with E-state index in [1.165, 1.54) is 0 Å². The van der Waals surface area contributed by atoms with Gasteiger partial charge < -0.3 is 14.6 Å². The lowest BCUT2D eigenvalue weighted by Gasteiger charge is -2.38. The van der Waals surface area contributed by atoms with Crippen molar-refractivity contribution in [3.63, 3.8) is 0 Å². The molecule has 4 rings (SSSR count). The molecule has 0 radical (unpaired) electrons. The van der Waals surface area contributed by atoms with Crippen molar-refractivity contribution in [2.24, 2.45) is 5.92 Å². The van der Waals surface area contributed by atoms with Crippen LogP contribution in [0.1, 0.15) is 35.6 Å². The van der Waals surface area contributed by atoms with Gasteiger partial charge in [-0.15, -0.1) is 0 Å². The summed E-state index contributed by atoms with van der Waals surface area (Å²) in [6, 6.07) is 23.5. The van der Waals surface area contributed by atoms with Gasteiger partial charge >= 0.3 is 5.97 Å². The molecule has 172 valence electrons. The zero-order chi connectivity index (χ0) is 23.2. The summed E-state index contributed by atoms with van der Waals surface area (Å²) in [7, 11) is 1.65. The van der Waals surface area contributed by atoms with Crippen LogP contribution in [0.2, 0.25) is 5.02 Å². The lowest BCUT2D eigenvalue weighted by molar-refractivity contribution is -0.143. The largest absolute Gasteiger partial charge is 0.496 e. The summed E-state index contributed by atoms with van der Waals surface area (Å²) < 4.78 is 12.0. The van der Waals surface area contributed by atoms with Crippen molar-refractivity contribution in [1.82, 2.24) is 4.90 Å². The van der Waals surface area contributed by atoms with E-state index in [0.717, 1.165) is 28.2 Å². The summed E-state index contributed by atoms with van der Waals surface area (Å²) in [6.07, 6.45) is 1.20. The summed E-state index contributed by atoms with van der Waals surface area (Å²) in [6.45, 7) is 1.77. The van der Waals surface area contributed by atoms with Gasteiger partial charge in [-0.1, -0.05) is 60.1 Å². The van der Waals surface area contributed by atoms with Crippen LogP contribution in [0.25, 0.3) is 0 Å². The number of carboxylic acids is 1. The van der Waals surface area contributed by atoms with Gasteiger partial charge in [-0.25, -0.2) is 0 Å². The molecule has 1 N–H and O–H groups in total. The zero-order valence-electron chi connectivity index (χ0n) is 18.6. The molecule has 1 atom stereocenters. The van der Waals surface area contributed by atoms with E-state index < -0.39 is 5.97 Å². The van der Waals surface area contributed by atoms with Gasteiger partial charge in [0, 0.05) is 16.1 Å². The summed E-state index contributed by atoms with van der Waals surface area (Å²) in [4.78, 5) is 13.8. The van der Waals surface area contributed by atoms with E-state index in [-0.39, 0.29) is 12.0 Å². The van der Waals surface area contributed by atoms with Gasteiger partial charge in [-0.3, -0.25) is 9.69 Å². The second kappa shape index (κ2) is 10.7. The predicted octanol–water partition coefficient (Wildman–Crippen LogP) is 5.81. The van der Waals surface area contributed by atoms with Crippen molar-refractivity contribution < 1.29 is 19.4 Å². The number of rotatable bonds is 8. The van der Waals surface area contributed by atoms with Crippen LogP contribution in [-0.4, -0.2) is 36.2 Å². The summed E-state index contributed by atoms with van der Waals surface area (Å²) in [5, 5.41) is 10.1. The first-order valence-electron chi connectivity index (χ1n) is 11.1. The van der Waals surface area contributed by atoms with Gasteiger partial charge in [0.1, 0.15) is 18.1 Å². The number of carboxylic acid groups (broad SMARTS) is 1. The number of benzene rings is 3. The number of nitrogens with zero attached hydrogens (tertiary/aromatic N) is 1. The highest BCUT2D eigenvalue weighted by molar-refractivity contribution is 6.30. The number of hydrogen-bond donors (Lipinski definition) is 1. The number of likely N-dealkylation sites (tertiary alicyclic amines) is 1. The van der Waals surface area contributed by atoms with E-state index >= 15 is 0 Å². The van der Waals surface area contributed by atoms with Gasteiger partial charge in [0.05, 0.1) is 19.1 Å². The van der Waals surface area contributed by atoms with Crippen LogP contribution in [0.4, 0.5) is 0 Å². The molecule has 1 heterocycles. The fraction of sp³-hybridized carbons (Fsp3) is 0.296. The Kier molecular flexibility index (Phi) is 7.53. The van der Waals surface area contributed by atoms with Crippen molar-refractivity contribution in [2.75, 3.05) is 20.2 Å². The van der Waals surface area contributed by atoms with E-state index in [1.54, 1.807) is 7.11 Å². The molecule has 1 saturated heterocycles. The molecule has 0 aromatic heterocycles. The number of para-hydroxylation sites is 1. The average molecular weight is 466 g/mol. The first-order chi connectivity index (χ1) is 16.1. The number of piperidine rings is 1. The topological polar surface area (TPSA) is 59.0 Å². The molecular formula is C27H28ClNO4. The molecule has 1 unspecified atom stereocenters. The third-order valence-corrected chi connectivity index (χ3v) is 6.42. The normalized spacial score (nSPS) is 15.7. The molecule has 3 aromatic rings. The molecule has 3 aromatic carbocycles. The third-order valence-electron chi connectivity index (χ3n) is 6.18. The standard InChI is InChI=1S/C27H28ClNO4/c1-32-24-12-11-21(28)17-23(24)26(29-15-13-20(14-16-29)27(30)31)22-9-5-6-10-25(22)33-18-19-7-3-2-4-8-19/h2-12,17,20,26H,13-16,18H2,1H3,(H,30,31). The quantitative estimate of drug-likeness (QED) is 0.454. The average Bonchev–Trinajstić information content (AvgIpc) is 2.85. The van der Waals surface area contributed by atoms with Gasteiger partial charge in [0.15, 0.2) is 0 Å². The van der Waals surface area contributed by atoms with Gasteiger partial charge in [-0.2, -0.15) is 0 Å². The smallest absolute Gasteiger partial charge is 0.306 e. The number of carbonyl (C=O) groups is 1. The van der Waals surface area contributed by atoms with Gasteiger partial charge in [-0.05, 0) is 55.8 Å². The Morgan fingerprint density at radius 2 is 1.70 bits per heavy atom. The SMILES string of the molecule is COc1ccc(Cl)cc1C(c1ccccc1OCc1ccccc1)N1CCC(C(=O)O)CC1. The Morgan fingerprint density at radius 3 is 2.39 bits per heavy atom. The minimum Gasteiger partial charge on any atom is -0.496 e. The minimum atomic E-state index is -0.724. The maximum Gasteiger partial charge on any atom is 0.306 e. The van der Waals surface area contributed by atoms with Gasteiger partial charge in [0.25, 0.3) is 0 Å². The van der Waals surface area contributed by atoms with E-state index in [9.17, 15) is 9.90 Å². The van der Waals surface area contributed by atoms with E-state index in [0.29, 0.717) is 37.6 Å². The molecular weight excluding hydrogens is 438 g/mol. The molecule has 0 amide bonds. The summed E-state index contributed by atoms with van der Waals surface area (Å²) in [5.41, 5.74) is 3.03. The molecule has 0 aliphatic carbocycles. The first kappa shape index (κ1) is 23.1. The van der Waals surface area contributed by atoms with Crippen LogP contribution in [0, 0.1) is 5.92 Å². The van der Waals surface area contributed by atoms with Crippen LogP contribution in [0.5, 0.6) is 11.5 Å². The lowest BCUT2D eigenvalue weighted by Crippen LogP contribution is -2.39. The Balaban J connectivity index is 1.71. The van der Waals surface area contributed by atoms with Crippen molar-refractivity contribution >= 4 is 17.6 Å². The van der Waals surface area contributed by atoms with Crippen molar-refractivity contribution in [1.29, 1.82) is 0 Å². The van der Waals surface area contributed by atoms with Crippen LogP contribution >= 0.6 is 11.6 Å². The van der Waals surface area contributed by atoms with Crippen LogP contribution in [0.15, 0.2) is 72.8 Å². The molecule has 1 aliphatic rings. The molecule has 0 spiro atoms. The highest BCUT2D eigenvalue weighted by Gasteiger charge is 2.33. The predicted molar refractivity (Wildman–Crippen MR) is 129 cm³/mol. The minimum absolute atomic E-state index is 0.180. The fourth-order valence-corrected chi connectivity index (χ4v) is 4.64. The molecule has 0 saturated carbocycles. The third kappa shape index (κ3) is 5.49. The van der Waals surface area contributed by atoms with E-state index in [4.69, 9.17) is 21.1 Å². The van der Waals surface area contributed by atoms with Crippen molar-refractivity contribution in [2.45, 2.75) is 25.5 Å². The Labute approximate surface area is 199 Å². The summed E-state index contributed by atoms with van der Waals surface area (Å²) in [5.74, 6) is 0.488. The number of ether oxygens (including phenoxy) is 2. The van der Waals surface area contributed by atoms with Crippen LogP contribution in [-0.2, 0) is 11.4 Å². The van der Waals surface area contributed by atoms with Crippen LogP contribution < -0.4 is 9.47 Å². The summed E-state index contributed by atoms with van der Waals surface area (Å²) >= 11 is 6.41. The molecule has 1 fully saturated rings. The second-order valence-electron chi connectivity index (χ2n) is 8.25. The molecule has 1 aliphatic heterocycles. The first-order valence-corrected chi connectivity index (χ1v) is 11.5. The molecule has 5 nitrogen and oxygen atoms in total. The van der Waals surface area contributed by atoms with Crippen molar-refractivity contribution in [3.8, 4) is 11.5 Å². The highest BCUT2D eigenvalue weighted by atomic mass is 35.5. The monoisotopic (exact) mass is 465 g/mol. The maximum atomic E-state index is 11.5. The zero-order valence-corrected chi connectivity index (χ0v) is 19.4. The van der Waals surface area contributed by atoms with Crippen LogP contribution in [0.3, 0.4) is 0 Å². The maximum absolute atomic E-state index is 11.5. The molecule has 33 heavy (non-hydrogen) atoms. The highest BCUT2D eigenvalue weighted by Crippen LogP contribution is 2.41. The number of methoxy groups -OCH3 is 1. The Hall–Kier alpha value is -3.02. The molecule has 6 heteroatoms. The Bertz CT molecular complexity index is 1080. The lowest BCUT2D eigenvalue weighted by atomic mass is 9.90. The van der Waals surface area contributed by atoms with Gasteiger partial charge in [0.2, 0.25) is 0 Å². The number of hydrogen-bond acceptors (Lipinski definition) is 4. The van der Waals surface area contributed by atoms with E-state index in [2.05, 4.69) is 11.0 Å². The fourth-order valence-electron chi connectivity index (χ4n) is 4.46. The van der Waals surface area contributed by atoms with Crippen molar-refractivity contribution in [3.05, 3.63) is 94.5 Å². The number of halogens is 1. The Morgan fingerprint density at radius 1 is 1.00 bits per heavy atom. The van der Waals surface area contributed by atoms with E-state index in [1.807, 2.05) is 66.7 Å². The molecule has 0 bridgehead atoms.